The van der Waals surface area contributed by atoms with Crippen molar-refractivity contribution in [3.63, 3.8) is 0 Å². The van der Waals surface area contributed by atoms with Crippen molar-refractivity contribution in [1.29, 1.82) is 0 Å². The highest BCUT2D eigenvalue weighted by Gasteiger charge is 2.61. The van der Waals surface area contributed by atoms with Crippen LogP contribution in [-0.2, 0) is 0 Å². The first-order valence-electron chi connectivity index (χ1n) is 5.17. The number of halogens is 6. The molecule has 1 aromatic rings. The molecule has 0 saturated carbocycles. The fourth-order valence-corrected chi connectivity index (χ4v) is 2.01. The third-order valence-corrected chi connectivity index (χ3v) is 3.38. The van der Waals surface area contributed by atoms with Gasteiger partial charge in [-0.05, 0) is 33.6 Å². The van der Waals surface area contributed by atoms with E-state index in [9.17, 15) is 22.0 Å². The van der Waals surface area contributed by atoms with Gasteiger partial charge in [0.25, 0.3) is 0 Å². The van der Waals surface area contributed by atoms with E-state index in [2.05, 4.69) is 15.9 Å². The van der Waals surface area contributed by atoms with Crippen LogP contribution in [0.2, 0.25) is 0 Å². The average molecular weight is 364 g/mol. The van der Waals surface area contributed by atoms with Gasteiger partial charge in [0.2, 0.25) is 0 Å². The van der Waals surface area contributed by atoms with Crippen molar-refractivity contribution in [2.75, 3.05) is 14.2 Å². The monoisotopic (exact) mass is 363 g/mol. The van der Waals surface area contributed by atoms with Crippen molar-refractivity contribution < 1.29 is 31.4 Å². The van der Waals surface area contributed by atoms with Crippen LogP contribution in [0.3, 0.4) is 0 Å². The number of benzene rings is 1. The number of nitrogens with two attached hydrogens (primary N) is 1. The van der Waals surface area contributed by atoms with Crippen LogP contribution in [0.4, 0.5) is 22.0 Å². The maximum atomic E-state index is 13.2. The predicted molar refractivity (Wildman–Crippen MR) is 65.2 cm³/mol. The molecule has 0 aromatic heterocycles. The second-order valence-corrected chi connectivity index (χ2v) is 4.63. The van der Waals surface area contributed by atoms with Gasteiger partial charge >= 0.3 is 12.1 Å². The molecule has 1 atom stereocenters. The van der Waals surface area contributed by atoms with Crippen molar-refractivity contribution in [2.24, 2.45) is 5.73 Å². The lowest BCUT2D eigenvalue weighted by atomic mass is 10.0. The van der Waals surface area contributed by atoms with Gasteiger partial charge in [-0.1, -0.05) is 0 Å². The Morgan fingerprint density at radius 2 is 1.45 bits per heavy atom. The van der Waals surface area contributed by atoms with E-state index >= 15 is 0 Å². The minimum atomic E-state index is -5.75. The quantitative estimate of drug-likeness (QED) is 0.830. The van der Waals surface area contributed by atoms with Gasteiger partial charge < -0.3 is 15.2 Å². The maximum Gasteiger partial charge on any atom is 0.455 e. The number of hydrogen-bond donors (Lipinski definition) is 1. The van der Waals surface area contributed by atoms with E-state index in [4.69, 9.17) is 15.2 Å². The van der Waals surface area contributed by atoms with Crippen LogP contribution in [0.5, 0.6) is 11.5 Å². The lowest BCUT2D eigenvalue weighted by Gasteiger charge is -2.26. The Balaban J connectivity index is 3.33. The average Bonchev–Trinajstić information content (AvgIpc) is 2.36. The Bertz CT molecular complexity index is 467. The summed E-state index contributed by atoms with van der Waals surface area (Å²) in [7, 11) is 2.47. The zero-order valence-electron chi connectivity index (χ0n) is 10.4. The van der Waals surface area contributed by atoms with E-state index in [1.54, 1.807) is 0 Å². The summed E-state index contributed by atoms with van der Waals surface area (Å²) >= 11 is 3.07. The molecule has 9 heteroatoms. The number of ether oxygens (including phenoxy) is 2. The number of alkyl halides is 5. The molecule has 1 rings (SSSR count). The van der Waals surface area contributed by atoms with Crippen molar-refractivity contribution in [3.05, 3.63) is 22.2 Å². The topological polar surface area (TPSA) is 44.5 Å². The molecule has 3 nitrogen and oxygen atoms in total. The van der Waals surface area contributed by atoms with Crippen LogP contribution in [0.25, 0.3) is 0 Å². The van der Waals surface area contributed by atoms with E-state index in [-0.39, 0.29) is 16.0 Å². The minimum Gasteiger partial charge on any atom is -0.495 e. The molecule has 20 heavy (non-hydrogen) atoms. The van der Waals surface area contributed by atoms with Gasteiger partial charge in [0, 0.05) is 0 Å². The molecule has 0 aliphatic carbocycles. The number of rotatable bonds is 4. The molecule has 0 amide bonds. The van der Waals surface area contributed by atoms with Gasteiger partial charge in [0.05, 0.1) is 14.2 Å². The molecule has 0 saturated heterocycles. The van der Waals surface area contributed by atoms with Gasteiger partial charge in [-0.3, -0.25) is 0 Å². The maximum absolute atomic E-state index is 13.2. The molecular formula is C11H11BrF5NO2. The van der Waals surface area contributed by atoms with Gasteiger partial charge in [0.1, 0.15) is 22.0 Å². The highest BCUT2D eigenvalue weighted by atomic mass is 79.9. The highest BCUT2D eigenvalue weighted by molar-refractivity contribution is 9.10. The van der Waals surface area contributed by atoms with Gasteiger partial charge in [-0.2, -0.15) is 22.0 Å². The summed E-state index contributed by atoms with van der Waals surface area (Å²) in [4.78, 5) is 0. The van der Waals surface area contributed by atoms with Crippen LogP contribution in [0.1, 0.15) is 11.6 Å². The highest BCUT2D eigenvalue weighted by Crippen LogP contribution is 2.45. The standard InChI is InChI=1S/C11H11BrF5NO2/c1-19-6-3-5(4-7(20-2)8(6)12)9(18)10(13,14)11(15,16)17/h3-4,9H,18H2,1-2H3/t9-/m0/s1. The largest absolute Gasteiger partial charge is 0.495 e. The summed E-state index contributed by atoms with van der Waals surface area (Å²) in [5, 5.41) is 0. The summed E-state index contributed by atoms with van der Waals surface area (Å²) in [6.45, 7) is 0. The van der Waals surface area contributed by atoms with E-state index in [1.807, 2.05) is 0 Å². The zero-order valence-corrected chi connectivity index (χ0v) is 12.0. The lowest BCUT2D eigenvalue weighted by molar-refractivity contribution is -0.291. The first-order chi connectivity index (χ1) is 9.06. The second-order valence-electron chi connectivity index (χ2n) is 3.84. The molecule has 2 N–H and O–H groups in total. The molecule has 0 aliphatic heterocycles. The first kappa shape index (κ1) is 17.0. The van der Waals surface area contributed by atoms with Crippen LogP contribution >= 0.6 is 15.9 Å². The van der Waals surface area contributed by atoms with E-state index in [0.717, 1.165) is 12.1 Å². The molecule has 0 fully saturated rings. The second kappa shape index (κ2) is 5.72. The van der Waals surface area contributed by atoms with Crippen LogP contribution in [0, 0.1) is 0 Å². The predicted octanol–water partition coefficient (Wildman–Crippen LogP) is 3.66. The Hall–Kier alpha value is -1.09. The molecule has 1 aromatic carbocycles. The Labute approximate surface area is 120 Å². The van der Waals surface area contributed by atoms with Crippen molar-refractivity contribution in [1.82, 2.24) is 0 Å². The minimum absolute atomic E-state index is 0.0350. The molecule has 0 aliphatic rings. The van der Waals surface area contributed by atoms with Crippen LogP contribution in [-0.4, -0.2) is 26.3 Å². The Morgan fingerprint density at radius 3 is 1.75 bits per heavy atom. The third kappa shape index (κ3) is 2.98. The fourth-order valence-electron chi connectivity index (χ4n) is 1.45. The molecule has 0 heterocycles. The summed E-state index contributed by atoms with van der Waals surface area (Å²) in [6.07, 6.45) is -5.75. The molecular weight excluding hydrogens is 353 g/mol. The number of hydrogen-bond acceptors (Lipinski definition) is 3. The summed E-state index contributed by atoms with van der Waals surface area (Å²) < 4.78 is 73.4. The smallest absolute Gasteiger partial charge is 0.455 e. The first-order valence-corrected chi connectivity index (χ1v) is 5.97. The summed E-state index contributed by atoms with van der Waals surface area (Å²) in [5.41, 5.74) is 4.61. The molecule has 0 bridgehead atoms. The van der Waals surface area contributed by atoms with Gasteiger partial charge in [0.15, 0.2) is 0 Å². The van der Waals surface area contributed by atoms with Crippen LogP contribution < -0.4 is 15.2 Å². The Kier molecular flexibility index (Phi) is 4.86. The van der Waals surface area contributed by atoms with Crippen molar-refractivity contribution in [3.8, 4) is 11.5 Å². The van der Waals surface area contributed by atoms with Crippen molar-refractivity contribution in [2.45, 2.75) is 18.1 Å². The molecule has 0 spiro atoms. The third-order valence-electron chi connectivity index (χ3n) is 2.60. The normalized spacial score (nSPS) is 14.1. The summed E-state index contributed by atoms with van der Waals surface area (Å²) in [6, 6.07) is -0.577. The van der Waals surface area contributed by atoms with Crippen LogP contribution in [0.15, 0.2) is 16.6 Å². The van der Waals surface area contributed by atoms with E-state index < -0.39 is 23.7 Å². The molecule has 0 unspecified atom stereocenters. The van der Waals surface area contributed by atoms with E-state index in [1.165, 1.54) is 14.2 Å². The molecule has 0 radical (unpaired) electrons. The fraction of sp³-hybridized carbons (Fsp3) is 0.455. The zero-order chi connectivity index (χ0) is 15.7. The Morgan fingerprint density at radius 1 is 1.05 bits per heavy atom. The molecule has 114 valence electrons. The van der Waals surface area contributed by atoms with E-state index in [0.29, 0.717) is 0 Å². The van der Waals surface area contributed by atoms with Gasteiger partial charge in [-0.25, -0.2) is 0 Å². The van der Waals surface area contributed by atoms with Crippen molar-refractivity contribution >= 4 is 15.9 Å². The summed E-state index contributed by atoms with van der Waals surface area (Å²) in [5.74, 6) is -5.00. The lowest BCUT2D eigenvalue weighted by Crippen LogP contribution is -2.45. The number of methoxy groups -OCH3 is 2. The van der Waals surface area contributed by atoms with Gasteiger partial charge in [-0.15, -0.1) is 0 Å². The SMILES string of the molecule is COc1cc([C@H](N)C(F)(F)C(F)(F)F)cc(OC)c1Br.